The predicted octanol–water partition coefficient (Wildman–Crippen LogP) is 4.83. The van der Waals surface area contributed by atoms with Crippen molar-refractivity contribution in [1.29, 1.82) is 0 Å². The molecule has 0 aliphatic heterocycles. The summed E-state index contributed by atoms with van der Waals surface area (Å²) in [6, 6.07) is 8.73. The average Bonchev–Trinajstić information content (AvgIpc) is 2.62. The van der Waals surface area contributed by atoms with Crippen molar-refractivity contribution in [3.8, 4) is 0 Å². The number of benzene rings is 1. The Kier molecular flexibility index (Phi) is 9.34. The molecule has 0 bridgehead atoms. The molecule has 5 heteroatoms. The minimum Gasteiger partial charge on any atom is -0.467 e. The lowest BCUT2D eigenvalue weighted by Gasteiger charge is -2.31. The fourth-order valence-corrected chi connectivity index (χ4v) is 2.43. The first-order valence-electron chi connectivity index (χ1n) is 9.20. The van der Waals surface area contributed by atoms with Gasteiger partial charge in [-0.15, -0.1) is 6.58 Å². The third kappa shape index (κ3) is 8.58. The largest absolute Gasteiger partial charge is 0.467 e. The van der Waals surface area contributed by atoms with Crippen LogP contribution in [-0.2, 0) is 14.3 Å². The molecule has 0 saturated carbocycles. The van der Waals surface area contributed by atoms with E-state index in [9.17, 15) is 9.59 Å². The minimum absolute atomic E-state index is 0.391. The smallest absolute Gasteiger partial charge is 0.411 e. The molecule has 0 aliphatic carbocycles. The van der Waals surface area contributed by atoms with Gasteiger partial charge in [0.15, 0.2) is 6.04 Å². The molecular formula is C22H31NO4. The highest BCUT2D eigenvalue weighted by Gasteiger charge is 2.31. The number of nitrogens with zero attached hydrogens (tertiary/aromatic N) is 1. The summed E-state index contributed by atoms with van der Waals surface area (Å²) in [7, 11) is 1.32. The maximum absolute atomic E-state index is 12.7. The first-order chi connectivity index (χ1) is 12.8. The summed E-state index contributed by atoms with van der Waals surface area (Å²) in [4.78, 5) is 26.6. The van der Waals surface area contributed by atoms with Gasteiger partial charge in [-0.2, -0.15) is 0 Å². The maximum Gasteiger partial charge on any atom is 0.411 e. The van der Waals surface area contributed by atoms with Crippen molar-refractivity contribution < 1.29 is 19.1 Å². The molecule has 0 heterocycles. The van der Waals surface area contributed by atoms with Gasteiger partial charge >= 0.3 is 12.1 Å². The number of allylic oxidation sites excluding steroid dienone is 1. The van der Waals surface area contributed by atoms with Crippen molar-refractivity contribution in [3.05, 3.63) is 54.6 Å². The van der Waals surface area contributed by atoms with E-state index in [1.807, 2.05) is 42.5 Å². The van der Waals surface area contributed by atoms with E-state index in [1.165, 1.54) is 12.0 Å². The van der Waals surface area contributed by atoms with E-state index in [1.54, 1.807) is 26.8 Å². The van der Waals surface area contributed by atoms with Crippen molar-refractivity contribution in [2.24, 2.45) is 0 Å². The van der Waals surface area contributed by atoms with Gasteiger partial charge in [-0.25, -0.2) is 9.59 Å². The average molecular weight is 373 g/mol. The third-order valence-corrected chi connectivity index (χ3v) is 3.73. The number of hydrogen-bond donors (Lipinski definition) is 0. The molecule has 0 fully saturated rings. The van der Waals surface area contributed by atoms with E-state index in [2.05, 4.69) is 6.58 Å². The normalized spacial score (nSPS) is 12.4. The molecule has 1 aromatic carbocycles. The second kappa shape index (κ2) is 11.2. The van der Waals surface area contributed by atoms with Crippen LogP contribution in [0.2, 0.25) is 0 Å². The molecule has 0 saturated heterocycles. The lowest BCUT2D eigenvalue weighted by Crippen LogP contribution is -2.47. The van der Waals surface area contributed by atoms with Gasteiger partial charge in [-0.05, 0) is 45.6 Å². The van der Waals surface area contributed by atoms with Gasteiger partial charge in [0.2, 0.25) is 0 Å². The molecule has 0 aromatic heterocycles. The van der Waals surface area contributed by atoms with E-state index in [-0.39, 0.29) is 0 Å². The van der Waals surface area contributed by atoms with Gasteiger partial charge in [0.25, 0.3) is 0 Å². The number of esters is 1. The Morgan fingerprint density at radius 1 is 1.19 bits per heavy atom. The molecule has 0 spiro atoms. The number of methoxy groups -OCH3 is 1. The second-order valence-electron chi connectivity index (χ2n) is 7.20. The van der Waals surface area contributed by atoms with Crippen LogP contribution < -0.4 is 0 Å². The first-order valence-corrected chi connectivity index (χ1v) is 9.20. The van der Waals surface area contributed by atoms with E-state index < -0.39 is 23.7 Å². The van der Waals surface area contributed by atoms with Crippen LogP contribution in [0.4, 0.5) is 4.79 Å². The molecule has 1 aromatic rings. The van der Waals surface area contributed by atoms with Crippen molar-refractivity contribution in [2.45, 2.75) is 51.7 Å². The zero-order chi connectivity index (χ0) is 20.3. The summed E-state index contributed by atoms with van der Waals surface area (Å²) < 4.78 is 10.4. The fraction of sp³-hybridized carbons (Fsp3) is 0.455. The van der Waals surface area contributed by atoms with Gasteiger partial charge < -0.3 is 9.47 Å². The van der Waals surface area contributed by atoms with E-state index in [0.717, 1.165) is 24.8 Å². The number of unbranched alkanes of at least 4 members (excludes halogenated alkanes) is 2. The zero-order valence-electron chi connectivity index (χ0n) is 16.8. The summed E-state index contributed by atoms with van der Waals surface area (Å²) in [6.07, 6.45) is 7.25. The molecule has 0 aliphatic rings. The van der Waals surface area contributed by atoms with E-state index in [0.29, 0.717) is 6.54 Å². The monoisotopic (exact) mass is 373 g/mol. The lowest BCUT2D eigenvalue weighted by molar-refractivity contribution is -0.145. The Hall–Kier alpha value is -2.56. The van der Waals surface area contributed by atoms with Crippen LogP contribution in [0.5, 0.6) is 0 Å². The lowest BCUT2D eigenvalue weighted by atomic mass is 10.1. The van der Waals surface area contributed by atoms with Crippen molar-refractivity contribution in [2.75, 3.05) is 13.7 Å². The molecule has 1 amide bonds. The molecule has 148 valence electrons. The Morgan fingerprint density at radius 2 is 1.85 bits per heavy atom. The van der Waals surface area contributed by atoms with Gasteiger partial charge in [0.05, 0.1) is 7.11 Å². The van der Waals surface area contributed by atoms with Crippen molar-refractivity contribution in [1.82, 2.24) is 4.90 Å². The Balaban J connectivity index is 3.07. The van der Waals surface area contributed by atoms with Crippen LogP contribution in [0.25, 0.3) is 6.08 Å². The number of rotatable bonds is 9. The van der Waals surface area contributed by atoms with Crippen LogP contribution in [0.1, 0.15) is 45.6 Å². The van der Waals surface area contributed by atoms with Crippen molar-refractivity contribution >= 4 is 18.1 Å². The summed E-state index contributed by atoms with van der Waals surface area (Å²) in [5.74, 6) is -0.503. The number of carbonyl (C=O) groups is 2. The molecule has 27 heavy (non-hydrogen) atoms. The topological polar surface area (TPSA) is 55.8 Å². The van der Waals surface area contributed by atoms with Crippen LogP contribution >= 0.6 is 0 Å². The Bertz CT molecular complexity index is 631. The summed E-state index contributed by atoms with van der Waals surface area (Å²) in [5, 5.41) is 0. The molecule has 0 N–H and O–H groups in total. The van der Waals surface area contributed by atoms with Crippen LogP contribution in [0, 0.1) is 0 Å². The summed E-state index contributed by atoms with van der Waals surface area (Å²) in [6.45, 7) is 9.50. The standard InChI is InChI=1S/C22H31NO4/c1-6-7-8-12-17-23(21(25)27-22(2,3)4)19(20(24)26-5)16-15-18-13-10-9-11-14-18/h6,9-11,13-16,19H,1,7-8,12,17H2,2-5H3/b16-15+. The minimum atomic E-state index is -0.853. The summed E-state index contributed by atoms with van der Waals surface area (Å²) >= 11 is 0. The fourth-order valence-electron chi connectivity index (χ4n) is 2.43. The van der Waals surface area contributed by atoms with Crippen LogP contribution in [0.15, 0.2) is 49.1 Å². The molecule has 1 atom stereocenters. The third-order valence-electron chi connectivity index (χ3n) is 3.73. The predicted molar refractivity (Wildman–Crippen MR) is 108 cm³/mol. The van der Waals surface area contributed by atoms with Gasteiger partial charge in [-0.1, -0.05) is 48.6 Å². The SMILES string of the molecule is C=CCCCCN(C(=O)OC(C)(C)C)C(/C=C/c1ccccc1)C(=O)OC. The van der Waals surface area contributed by atoms with E-state index in [4.69, 9.17) is 9.47 Å². The second-order valence-corrected chi connectivity index (χ2v) is 7.20. The maximum atomic E-state index is 12.7. The van der Waals surface area contributed by atoms with Crippen LogP contribution in [0.3, 0.4) is 0 Å². The number of carbonyl (C=O) groups excluding carboxylic acids is 2. The molecule has 1 rings (SSSR count). The first kappa shape index (κ1) is 22.5. The van der Waals surface area contributed by atoms with Crippen LogP contribution in [-0.4, -0.2) is 42.3 Å². The van der Waals surface area contributed by atoms with Gasteiger partial charge in [-0.3, -0.25) is 4.90 Å². The Morgan fingerprint density at radius 3 is 2.41 bits per heavy atom. The number of hydrogen-bond acceptors (Lipinski definition) is 4. The Labute approximate surface area is 162 Å². The molecule has 1 unspecified atom stereocenters. The van der Waals surface area contributed by atoms with E-state index >= 15 is 0 Å². The molecular weight excluding hydrogens is 342 g/mol. The zero-order valence-corrected chi connectivity index (χ0v) is 16.8. The highest BCUT2D eigenvalue weighted by atomic mass is 16.6. The highest BCUT2D eigenvalue weighted by molar-refractivity contribution is 5.84. The van der Waals surface area contributed by atoms with Crippen molar-refractivity contribution in [3.63, 3.8) is 0 Å². The molecule has 5 nitrogen and oxygen atoms in total. The quantitative estimate of drug-likeness (QED) is 0.353. The summed E-state index contributed by atoms with van der Waals surface area (Å²) in [5.41, 5.74) is 0.280. The highest BCUT2D eigenvalue weighted by Crippen LogP contribution is 2.16. The number of ether oxygens (including phenoxy) is 2. The molecule has 0 radical (unpaired) electrons. The van der Waals surface area contributed by atoms with Gasteiger partial charge in [0, 0.05) is 6.54 Å². The van der Waals surface area contributed by atoms with Gasteiger partial charge in [0.1, 0.15) is 5.60 Å². The number of amides is 1.